The molecule has 0 heterocycles. The highest BCUT2D eigenvalue weighted by Crippen LogP contribution is 2.36. The Morgan fingerprint density at radius 2 is 1.10 bits per heavy atom. The van der Waals surface area contributed by atoms with Crippen LogP contribution in [0, 0.1) is 0 Å². The van der Waals surface area contributed by atoms with Gasteiger partial charge in [-0.1, -0.05) is 63.9 Å². The van der Waals surface area contributed by atoms with Crippen LogP contribution in [0.1, 0.15) is 110 Å². The van der Waals surface area contributed by atoms with E-state index >= 15 is 0 Å². The number of carbonyl (C=O) groups is 1. The van der Waals surface area contributed by atoms with Crippen molar-refractivity contribution >= 4 is 5.97 Å². The fourth-order valence-electron chi connectivity index (χ4n) is 4.90. The Morgan fingerprint density at radius 3 is 1.41 bits per heavy atom. The minimum Gasteiger partial charge on any atom is -0.478 e. The van der Waals surface area contributed by atoms with Gasteiger partial charge in [0.05, 0.1) is 18.3 Å². The van der Waals surface area contributed by atoms with Gasteiger partial charge in [-0.15, -0.1) is 0 Å². The van der Waals surface area contributed by atoms with Crippen LogP contribution in [0.4, 0.5) is 0 Å². The fourth-order valence-corrected chi connectivity index (χ4v) is 4.90. The molecule has 1 N–H and O–H groups in total. The van der Waals surface area contributed by atoms with Crippen molar-refractivity contribution in [3.63, 3.8) is 0 Å². The molecule has 3 saturated carbocycles. The summed E-state index contributed by atoms with van der Waals surface area (Å²) in [4.78, 5) is 11.4. The summed E-state index contributed by atoms with van der Waals surface area (Å²) in [5.74, 6) is -2.05. The van der Waals surface area contributed by atoms with Gasteiger partial charge in [-0.05, 0) is 45.4 Å². The minimum atomic E-state index is -1.15. The molecule has 0 aromatic heterocycles. The Morgan fingerprint density at radius 1 is 0.759 bits per heavy atom. The maximum absolute atomic E-state index is 11.4. The van der Waals surface area contributed by atoms with Crippen LogP contribution < -0.4 is 0 Å². The molecule has 0 aromatic rings. The van der Waals surface area contributed by atoms with E-state index in [1.165, 1.54) is 57.8 Å². The first kappa shape index (κ1) is 22.8. The molecule has 3 rings (SSSR count). The van der Waals surface area contributed by atoms with Crippen LogP contribution in [0.5, 0.6) is 0 Å². The topological polar surface area (TPSA) is 65.0 Å². The molecule has 3 aliphatic carbocycles. The average molecular weight is 409 g/mol. The van der Waals surface area contributed by atoms with Crippen LogP contribution >= 0.6 is 0 Å². The number of carboxylic acid groups (broad SMARTS) is 1. The zero-order valence-electron chi connectivity index (χ0n) is 18.2. The van der Waals surface area contributed by atoms with E-state index in [1.807, 2.05) is 0 Å². The van der Waals surface area contributed by atoms with Crippen molar-refractivity contribution in [1.29, 1.82) is 0 Å². The van der Waals surface area contributed by atoms with Crippen LogP contribution in [0.15, 0.2) is 11.6 Å². The molecule has 3 fully saturated rings. The molecule has 29 heavy (non-hydrogen) atoms. The van der Waals surface area contributed by atoms with Crippen molar-refractivity contribution in [3.8, 4) is 0 Å². The van der Waals surface area contributed by atoms with Crippen LogP contribution in [0.25, 0.3) is 0 Å². The van der Waals surface area contributed by atoms with E-state index in [0.29, 0.717) is 12.0 Å². The number of hydrogen-bond acceptors (Lipinski definition) is 4. The number of ether oxygens (including phenoxy) is 3. The average Bonchev–Trinajstić information content (AvgIpc) is 2.74. The highest BCUT2D eigenvalue weighted by atomic mass is 16.9. The van der Waals surface area contributed by atoms with Gasteiger partial charge in [0.15, 0.2) is 0 Å². The summed E-state index contributed by atoms with van der Waals surface area (Å²) in [6.07, 6.45) is 19.5. The van der Waals surface area contributed by atoms with E-state index in [9.17, 15) is 9.90 Å². The molecule has 0 saturated heterocycles. The van der Waals surface area contributed by atoms with Gasteiger partial charge >= 0.3 is 5.97 Å². The lowest BCUT2D eigenvalue weighted by atomic mass is 9.96. The molecule has 0 atom stereocenters. The van der Waals surface area contributed by atoms with Crippen molar-refractivity contribution < 1.29 is 24.1 Å². The third kappa shape index (κ3) is 7.37. The third-order valence-corrected chi connectivity index (χ3v) is 6.69. The zero-order chi connectivity index (χ0) is 20.5. The SMILES string of the molecule is CC(=CCC(OC1CCCCC1)(OC1CCCCC1)OC1CCCCC1)C(=O)O. The van der Waals surface area contributed by atoms with E-state index in [2.05, 4.69) is 0 Å². The van der Waals surface area contributed by atoms with Crippen LogP contribution in [0.3, 0.4) is 0 Å². The summed E-state index contributed by atoms with van der Waals surface area (Å²) in [7, 11) is 0. The lowest BCUT2D eigenvalue weighted by Crippen LogP contribution is -2.48. The van der Waals surface area contributed by atoms with Gasteiger partial charge in [-0.25, -0.2) is 4.79 Å². The van der Waals surface area contributed by atoms with E-state index in [1.54, 1.807) is 13.0 Å². The first-order valence-corrected chi connectivity index (χ1v) is 12.0. The van der Waals surface area contributed by atoms with Crippen molar-refractivity contribution in [1.82, 2.24) is 0 Å². The second-order valence-corrected chi connectivity index (χ2v) is 9.21. The summed E-state index contributed by atoms with van der Waals surface area (Å²) in [5, 5.41) is 9.35. The van der Waals surface area contributed by atoms with Crippen molar-refractivity contribution in [3.05, 3.63) is 11.6 Å². The van der Waals surface area contributed by atoms with Gasteiger partial charge in [-0.3, -0.25) is 0 Å². The van der Waals surface area contributed by atoms with Crippen molar-refractivity contribution in [2.45, 2.75) is 134 Å². The van der Waals surface area contributed by atoms with Gasteiger partial charge in [0, 0.05) is 12.0 Å². The molecule has 0 amide bonds. The monoisotopic (exact) mass is 408 g/mol. The normalized spacial score (nSPS) is 24.0. The van der Waals surface area contributed by atoms with Crippen LogP contribution in [-0.2, 0) is 19.0 Å². The van der Waals surface area contributed by atoms with E-state index in [0.717, 1.165) is 38.5 Å². The summed E-state index contributed by atoms with van der Waals surface area (Å²) >= 11 is 0. The highest BCUT2D eigenvalue weighted by Gasteiger charge is 2.41. The molecular formula is C24H40O5. The second kappa shape index (κ2) is 11.5. The first-order valence-electron chi connectivity index (χ1n) is 12.0. The van der Waals surface area contributed by atoms with Crippen LogP contribution in [0.2, 0.25) is 0 Å². The first-order chi connectivity index (χ1) is 14.1. The van der Waals surface area contributed by atoms with Crippen LogP contribution in [-0.4, -0.2) is 35.4 Å². The maximum atomic E-state index is 11.4. The molecule has 5 heteroatoms. The number of carboxylic acids is 1. The number of hydrogen-bond donors (Lipinski definition) is 1. The van der Waals surface area contributed by atoms with Gasteiger partial charge < -0.3 is 19.3 Å². The molecule has 0 aliphatic heterocycles. The predicted octanol–water partition coefficient (Wildman–Crippen LogP) is 6.11. The van der Waals surface area contributed by atoms with Gasteiger partial charge in [0.2, 0.25) is 0 Å². The molecule has 0 bridgehead atoms. The van der Waals surface area contributed by atoms with Crippen molar-refractivity contribution in [2.75, 3.05) is 0 Å². The van der Waals surface area contributed by atoms with E-state index < -0.39 is 11.9 Å². The third-order valence-electron chi connectivity index (χ3n) is 6.69. The molecule has 0 radical (unpaired) electrons. The lowest BCUT2D eigenvalue weighted by Gasteiger charge is -2.42. The quantitative estimate of drug-likeness (QED) is 0.368. The predicted molar refractivity (Wildman–Crippen MR) is 113 cm³/mol. The molecule has 3 aliphatic rings. The largest absolute Gasteiger partial charge is 0.478 e. The second-order valence-electron chi connectivity index (χ2n) is 9.21. The van der Waals surface area contributed by atoms with E-state index in [-0.39, 0.29) is 18.3 Å². The highest BCUT2D eigenvalue weighted by molar-refractivity contribution is 5.85. The Bertz CT molecular complexity index is 475. The minimum absolute atomic E-state index is 0.134. The number of rotatable bonds is 9. The Kier molecular flexibility index (Phi) is 9.01. The molecule has 0 spiro atoms. The smallest absolute Gasteiger partial charge is 0.330 e. The summed E-state index contributed by atoms with van der Waals surface area (Å²) in [6.45, 7) is 1.63. The maximum Gasteiger partial charge on any atom is 0.330 e. The standard InChI is InChI=1S/C24H40O5/c1-19(23(25)26)17-18-24(27-20-11-5-2-6-12-20,28-21-13-7-3-8-14-21)29-22-15-9-4-10-16-22/h17,20-22H,2-16,18H2,1H3,(H,25,26). The number of aliphatic carboxylic acids is 1. The molecule has 0 unspecified atom stereocenters. The molecule has 166 valence electrons. The Hall–Kier alpha value is -0.910. The summed E-state index contributed by atoms with van der Waals surface area (Å²) in [6, 6.07) is 0. The molecule has 0 aromatic carbocycles. The Labute approximate surface area is 176 Å². The van der Waals surface area contributed by atoms with Gasteiger partial charge in [0.25, 0.3) is 5.97 Å². The molecule has 5 nitrogen and oxygen atoms in total. The summed E-state index contributed by atoms with van der Waals surface area (Å²) in [5.41, 5.74) is 0.320. The van der Waals surface area contributed by atoms with E-state index in [4.69, 9.17) is 14.2 Å². The lowest BCUT2D eigenvalue weighted by molar-refractivity contribution is -0.420. The fraction of sp³-hybridized carbons (Fsp3) is 0.875. The molecular weight excluding hydrogens is 368 g/mol. The zero-order valence-corrected chi connectivity index (χ0v) is 18.2. The van der Waals surface area contributed by atoms with Crippen molar-refractivity contribution in [2.24, 2.45) is 0 Å². The summed E-state index contributed by atoms with van der Waals surface area (Å²) < 4.78 is 19.9. The van der Waals surface area contributed by atoms with Gasteiger partial charge in [-0.2, -0.15) is 0 Å². The van der Waals surface area contributed by atoms with Gasteiger partial charge in [0.1, 0.15) is 0 Å². The Balaban J connectivity index is 1.81.